The summed E-state index contributed by atoms with van der Waals surface area (Å²) in [6, 6.07) is 8.42. The Bertz CT molecular complexity index is 560. The van der Waals surface area contributed by atoms with E-state index in [1.54, 1.807) is 0 Å². The van der Waals surface area contributed by atoms with Crippen LogP contribution in [0, 0.1) is 0 Å². The van der Waals surface area contributed by atoms with E-state index in [1.807, 2.05) is 18.2 Å². The molecule has 6 heteroatoms. The number of piperidine rings is 1. The van der Waals surface area contributed by atoms with Gasteiger partial charge in [0.05, 0.1) is 6.26 Å². The van der Waals surface area contributed by atoms with E-state index in [9.17, 15) is 8.42 Å². The molecule has 3 N–H and O–H groups in total. The maximum absolute atomic E-state index is 11.1. The summed E-state index contributed by atoms with van der Waals surface area (Å²) in [5.74, 6) is 0. The van der Waals surface area contributed by atoms with Gasteiger partial charge in [0.1, 0.15) is 0 Å². The van der Waals surface area contributed by atoms with Gasteiger partial charge in [-0.3, -0.25) is 4.90 Å². The molecule has 21 heavy (non-hydrogen) atoms. The Morgan fingerprint density at radius 1 is 1.38 bits per heavy atom. The lowest BCUT2D eigenvalue weighted by Gasteiger charge is -2.36. The first-order valence-electron chi connectivity index (χ1n) is 7.47. The second-order valence-electron chi connectivity index (χ2n) is 5.82. The summed E-state index contributed by atoms with van der Waals surface area (Å²) >= 11 is 0. The molecule has 1 heterocycles. The van der Waals surface area contributed by atoms with Crippen molar-refractivity contribution >= 4 is 15.7 Å². The highest BCUT2D eigenvalue weighted by atomic mass is 32.2. The molecule has 1 saturated heterocycles. The van der Waals surface area contributed by atoms with Crippen LogP contribution < -0.4 is 10.5 Å². The first kappa shape index (κ1) is 16.3. The quantitative estimate of drug-likeness (QED) is 0.782. The highest BCUT2D eigenvalue weighted by Gasteiger charge is 2.22. The fourth-order valence-corrected chi connectivity index (χ4v) is 3.42. The molecule has 1 aliphatic heterocycles. The number of sulfonamides is 1. The number of nitrogens with one attached hydrogen (secondary N) is 1. The van der Waals surface area contributed by atoms with Gasteiger partial charge in [-0.15, -0.1) is 0 Å². The third-order valence-electron chi connectivity index (χ3n) is 3.93. The topological polar surface area (TPSA) is 75.4 Å². The fraction of sp³-hybridized carbons (Fsp3) is 0.600. The van der Waals surface area contributed by atoms with E-state index in [2.05, 4.69) is 15.7 Å². The summed E-state index contributed by atoms with van der Waals surface area (Å²) in [5, 5.41) is 0. The van der Waals surface area contributed by atoms with Crippen LogP contribution >= 0.6 is 0 Å². The number of nitrogen functional groups attached to an aromatic ring is 1. The van der Waals surface area contributed by atoms with Crippen molar-refractivity contribution in [1.82, 2.24) is 9.62 Å². The van der Waals surface area contributed by atoms with Gasteiger partial charge < -0.3 is 5.73 Å². The van der Waals surface area contributed by atoms with Gasteiger partial charge in [0.25, 0.3) is 0 Å². The summed E-state index contributed by atoms with van der Waals surface area (Å²) in [4.78, 5) is 2.45. The summed E-state index contributed by atoms with van der Waals surface area (Å²) in [7, 11) is -3.09. The second kappa shape index (κ2) is 7.24. The zero-order chi connectivity index (χ0) is 15.3. The van der Waals surface area contributed by atoms with Crippen molar-refractivity contribution in [2.45, 2.75) is 38.3 Å². The van der Waals surface area contributed by atoms with Crippen LogP contribution in [-0.4, -0.2) is 38.7 Å². The van der Waals surface area contributed by atoms with E-state index in [0.29, 0.717) is 12.6 Å². The van der Waals surface area contributed by atoms with Crippen LogP contribution in [0.1, 0.15) is 31.2 Å². The minimum Gasteiger partial charge on any atom is -0.399 e. The summed E-state index contributed by atoms with van der Waals surface area (Å²) < 4.78 is 24.9. The minimum atomic E-state index is -3.09. The molecule has 1 aliphatic rings. The van der Waals surface area contributed by atoms with E-state index in [1.165, 1.54) is 24.7 Å². The van der Waals surface area contributed by atoms with E-state index < -0.39 is 10.0 Å². The van der Waals surface area contributed by atoms with Crippen LogP contribution in [0.25, 0.3) is 0 Å². The highest BCUT2D eigenvalue weighted by molar-refractivity contribution is 7.88. The molecular formula is C15H25N3O2S. The Hall–Kier alpha value is -1.11. The molecule has 1 atom stereocenters. The van der Waals surface area contributed by atoms with Gasteiger partial charge >= 0.3 is 0 Å². The fourth-order valence-electron chi connectivity index (χ4n) is 2.93. The van der Waals surface area contributed by atoms with Crippen LogP contribution in [-0.2, 0) is 16.6 Å². The maximum atomic E-state index is 11.1. The van der Waals surface area contributed by atoms with Crippen molar-refractivity contribution in [3.05, 3.63) is 29.8 Å². The van der Waals surface area contributed by atoms with E-state index in [-0.39, 0.29) is 0 Å². The molecule has 1 unspecified atom stereocenters. The van der Waals surface area contributed by atoms with Gasteiger partial charge in [-0.25, -0.2) is 13.1 Å². The molecule has 0 aromatic heterocycles. The van der Waals surface area contributed by atoms with Gasteiger partial charge in [-0.05, 0) is 43.5 Å². The van der Waals surface area contributed by atoms with E-state index >= 15 is 0 Å². The molecule has 0 saturated carbocycles. The number of nitrogens with zero attached hydrogens (tertiary/aromatic N) is 1. The molecule has 0 spiro atoms. The van der Waals surface area contributed by atoms with Crippen molar-refractivity contribution in [1.29, 1.82) is 0 Å². The van der Waals surface area contributed by atoms with Crippen LogP contribution in [0.5, 0.6) is 0 Å². The predicted molar refractivity (Wildman–Crippen MR) is 86.4 cm³/mol. The number of rotatable bonds is 6. The largest absolute Gasteiger partial charge is 0.399 e. The smallest absolute Gasteiger partial charge is 0.208 e. The average Bonchev–Trinajstić information content (AvgIpc) is 2.39. The van der Waals surface area contributed by atoms with Crippen molar-refractivity contribution in [2.24, 2.45) is 0 Å². The monoisotopic (exact) mass is 311 g/mol. The van der Waals surface area contributed by atoms with Crippen molar-refractivity contribution < 1.29 is 8.42 Å². The van der Waals surface area contributed by atoms with Crippen molar-refractivity contribution in [3.63, 3.8) is 0 Å². The van der Waals surface area contributed by atoms with Crippen LogP contribution in [0.15, 0.2) is 24.3 Å². The standard InChI is InChI=1S/C15H25N3O2S/c1-21(19,20)17-9-8-15-7-2-3-10-18(15)12-13-5-4-6-14(16)11-13/h4-6,11,15,17H,2-3,7-10,12,16H2,1H3. The number of hydrogen-bond donors (Lipinski definition) is 2. The number of nitrogens with two attached hydrogens (primary N) is 1. The maximum Gasteiger partial charge on any atom is 0.208 e. The second-order valence-corrected chi connectivity index (χ2v) is 7.65. The van der Waals surface area contributed by atoms with Gasteiger partial charge in [-0.1, -0.05) is 18.6 Å². The predicted octanol–water partition coefficient (Wildman–Crippen LogP) is 1.56. The van der Waals surface area contributed by atoms with Crippen LogP contribution in [0.2, 0.25) is 0 Å². The zero-order valence-corrected chi connectivity index (χ0v) is 13.4. The lowest BCUT2D eigenvalue weighted by molar-refractivity contribution is 0.133. The molecule has 1 aromatic rings. The molecule has 1 fully saturated rings. The Morgan fingerprint density at radius 2 is 2.19 bits per heavy atom. The van der Waals surface area contributed by atoms with Gasteiger partial charge in [0.2, 0.25) is 10.0 Å². The SMILES string of the molecule is CS(=O)(=O)NCCC1CCCCN1Cc1cccc(N)c1. The van der Waals surface area contributed by atoms with Crippen LogP contribution in [0.3, 0.4) is 0 Å². The van der Waals surface area contributed by atoms with E-state index in [4.69, 9.17) is 5.73 Å². The van der Waals surface area contributed by atoms with Gasteiger partial charge in [-0.2, -0.15) is 0 Å². The molecule has 0 radical (unpaired) electrons. The summed E-state index contributed by atoms with van der Waals surface area (Å²) in [5.41, 5.74) is 7.84. The van der Waals surface area contributed by atoms with E-state index in [0.717, 1.165) is 31.6 Å². The summed E-state index contributed by atoms with van der Waals surface area (Å²) in [6.45, 7) is 2.46. The molecule has 2 rings (SSSR count). The Morgan fingerprint density at radius 3 is 2.90 bits per heavy atom. The molecule has 1 aromatic carbocycles. The van der Waals surface area contributed by atoms with Gasteiger partial charge in [0.15, 0.2) is 0 Å². The first-order chi connectivity index (χ1) is 9.94. The molecule has 5 nitrogen and oxygen atoms in total. The number of anilines is 1. The lowest BCUT2D eigenvalue weighted by Crippen LogP contribution is -2.41. The number of benzene rings is 1. The Labute approximate surface area is 127 Å². The molecular weight excluding hydrogens is 286 g/mol. The number of likely N-dealkylation sites (tertiary alicyclic amines) is 1. The average molecular weight is 311 g/mol. The molecule has 118 valence electrons. The Kier molecular flexibility index (Phi) is 5.61. The third-order valence-corrected chi connectivity index (χ3v) is 4.66. The van der Waals surface area contributed by atoms with Crippen molar-refractivity contribution in [3.8, 4) is 0 Å². The third kappa shape index (κ3) is 5.65. The van der Waals surface area contributed by atoms with Crippen molar-refractivity contribution in [2.75, 3.05) is 25.1 Å². The number of hydrogen-bond acceptors (Lipinski definition) is 4. The lowest BCUT2D eigenvalue weighted by atomic mass is 9.98. The summed E-state index contributed by atoms with van der Waals surface area (Å²) in [6.07, 6.45) is 5.62. The normalized spacial score (nSPS) is 20.5. The van der Waals surface area contributed by atoms with Gasteiger partial charge in [0, 0.05) is 24.8 Å². The minimum absolute atomic E-state index is 0.439. The zero-order valence-electron chi connectivity index (χ0n) is 12.6. The highest BCUT2D eigenvalue weighted by Crippen LogP contribution is 2.22. The van der Waals surface area contributed by atoms with Crippen LogP contribution in [0.4, 0.5) is 5.69 Å². The Balaban J connectivity index is 1.92. The molecule has 0 bridgehead atoms. The molecule has 0 aliphatic carbocycles. The molecule has 0 amide bonds. The first-order valence-corrected chi connectivity index (χ1v) is 9.36.